The lowest BCUT2D eigenvalue weighted by atomic mass is 9.78. The van der Waals surface area contributed by atoms with Crippen molar-refractivity contribution < 1.29 is 26.7 Å². The lowest BCUT2D eigenvalue weighted by Gasteiger charge is -2.32. The number of alkyl halides is 5. The van der Waals surface area contributed by atoms with Crippen molar-refractivity contribution in [1.29, 1.82) is 0 Å². The molecule has 1 amide bonds. The number of hydrogen-bond donors (Lipinski definition) is 2. The quantitative estimate of drug-likeness (QED) is 0.778. The summed E-state index contributed by atoms with van der Waals surface area (Å²) in [6, 6.07) is 0. The van der Waals surface area contributed by atoms with Gasteiger partial charge in [0.05, 0.1) is 19.0 Å². The predicted molar refractivity (Wildman–Crippen MR) is 58.5 cm³/mol. The molecule has 1 saturated carbocycles. The third-order valence-electron chi connectivity index (χ3n) is 3.34. The van der Waals surface area contributed by atoms with E-state index < -0.39 is 42.9 Å². The molecule has 3 nitrogen and oxygen atoms in total. The van der Waals surface area contributed by atoms with Crippen LogP contribution >= 0.6 is 0 Å². The van der Waals surface area contributed by atoms with Gasteiger partial charge in [-0.15, -0.1) is 0 Å². The first-order valence-corrected chi connectivity index (χ1v) is 6.10. The van der Waals surface area contributed by atoms with Crippen LogP contribution in [0.1, 0.15) is 25.7 Å². The zero-order valence-corrected chi connectivity index (χ0v) is 10.3. The first-order valence-electron chi connectivity index (χ1n) is 6.10. The molecule has 2 atom stereocenters. The van der Waals surface area contributed by atoms with Gasteiger partial charge in [0.1, 0.15) is 0 Å². The van der Waals surface area contributed by atoms with E-state index in [0.29, 0.717) is 12.8 Å². The number of amides is 1. The minimum atomic E-state index is -4.47. The van der Waals surface area contributed by atoms with Gasteiger partial charge in [-0.25, -0.2) is 8.78 Å². The fourth-order valence-electron chi connectivity index (χ4n) is 2.26. The lowest BCUT2D eigenvalue weighted by Crippen LogP contribution is -2.47. The molecule has 19 heavy (non-hydrogen) atoms. The summed E-state index contributed by atoms with van der Waals surface area (Å²) in [6.07, 6.45) is -3.64. The second-order valence-corrected chi connectivity index (χ2v) is 4.82. The summed E-state index contributed by atoms with van der Waals surface area (Å²) in [5.74, 6) is -7.27. The van der Waals surface area contributed by atoms with Gasteiger partial charge in [0.15, 0.2) is 0 Å². The van der Waals surface area contributed by atoms with Crippen molar-refractivity contribution in [2.45, 2.75) is 37.8 Å². The van der Waals surface area contributed by atoms with Crippen LogP contribution in [0.2, 0.25) is 0 Å². The highest BCUT2D eigenvalue weighted by Gasteiger charge is 2.48. The van der Waals surface area contributed by atoms with E-state index >= 15 is 0 Å². The highest BCUT2D eigenvalue weighted by atomic mass is 19.4. The van der Waals surface area contributed by atoms with E-state index in [-0.39, 0.29) is 12.8 Å². The molecule has 0 spiro atoms. The monoisotopic (exact) mass is 288 g/mol. The largest absolute Gasteiger partial charge is 0.392 e. The first-order chi connectivity index (χ1) is 8.67. The Bertz CT molecular complexity index is 319. The molecule has 0 heterocycles. The number of nitrogens with two attached hydrogens (primary N) is 1. The molecule has 1 rings (SSSR count). The molecule has 1 fully saturated rings. The fourth-order valence-corrected chi connectivity index (χ4v) is 2.26. The normalized spacial score (nSPS) is 25.2. The molecule has 0 saturated heterocycles. The highest BCUT2D eigenvalue weighted by Crippen LogP contribution is 2.41. The second kappa shape index (κ2) is 6.02. The second-order valence-electron chi connectivity index (χ2n) is 4.82. The average molecular weight is 288 g/mol. The summed E-state index contributed by atoms with van der Waals surface area (Å²) in [5.41, 5.74) is 4.79. The molecule has 0 aromatic carbocycles. The van der Waals surface area contributed by atoms with Crippen molar-refractivity contribution in [3.8, 4) is 0 Å². The van der Waals surface area contributed by atoms with E-state index in [2.05, 4.69) is 0 Å². The number of rotatable bonds is 4. The van der Waals surface area contributed by atoms with Crippen LogP contribution in [-0.4, -0.2) is 31.1 Å². The third-order valence-corrected chi connectivity index (χ3v) is 3.34. The van der Waals surface area contributed by atoms with Gasteiger partial charge in [-0.1, -0.05) is 12.8 Å². The van der Waals surface area contributed by atoms with Crippen molar-refractivity contribution in [2.24, 2.45) is 17.6 Å². The molecule has 0 aromatic rings. The molecule has 8 heteroatoms. The van der Waals surface area contributed by atoms with Crippen LogP contribution in [0.15, 0.2) is 0 Å². The maximum atomic E-state index is 12.8. The number of halogens is 5. The van der Waals surface area contributed by atoms with Crippen LogP contribution in [0.25, 0.3) is 0 Å². The van der Waals surface area contributed by atoms with E-state index in [0.717, 1.165) is 0 Å². The molecular formula is C11H17F5N2O. The van der Waals surface area contributed by atoms with Gasteiger partial charge in [0, 0.05) is 5.92 Å². The average Bonchev–Trinajstić information content (AvgIpc) is 2.35. The Morgan fingerprint density at radius 1 is 1.16 bits per heavy atom. The summed E-state index contributed by atoms with van der Waals surface area (Å²) >= 11 is 0. The zero-order valence-electron chi connectivity index (χ0n) is 10.3. The Labute approximate surface area is 107 Å². The third kappa shape index (κ3) is 4.59. The standard InChI is InChI=1S/C11H17F5N2O/c12-10(13,5-17)6-18-9(19)7-3-1-2-4-8(7)11(14,15)16/h7-8H,1-6,17H2,(H,18,19). The van der Waals surface area contributed by atoms with E-state index in [1.165, 1.54) is 0 Å². The van der Waals surface area contributed by atoms with E-state index in [1.807, 2.05) is 5.32 Å². The highest BCUT2D eigenvalue weighted by molar-refractivity contribution is 5.79. The van der Waals surface area contributed by atoms with Gasteiger partial charge in [-0.05, 0) is 12.8 Å². The van der Waals surface area contributed by atoms with Crippen LogP contribution in [0.3, 0.4) is 0 Å². The van der Waals surface area contributed by atoms with Crippen molar-refractivity contribution >= 4 is 5.91 Å². The maximum absolute atomic E-state index is 12.8. The molecular weight excluding hydrogens is 271 g/mol. The number of carbonyl (C=O) groups is 1. The van der Waals surface area contributed by atoms with Crippen LogP contribution in [0, 0.1) is 11.8 Å². The predicted octanol–water partition coefficient (Wildman–Crippen LogP) is 2.07. The van der Waals surface area contributed by atoms with Crippen LogP contribution < -0.4 is 11.1 Å². The number of nitrogens with one attached hydrogen (secondary N) is 1. The van der Waals surface area contributed by atoms with Crippen LogP contribution in [-0.2, 0) is 4.79 Å². The van der Waals surface area contributed by atoms with Crippen molar-refractivity contribution in [3.63, 3.8) is 0 Å². The van der Waals surface area contributed by atoms with Gasteiger partial charge in [0.2, 0.25) is 5.91 Å². The van der Waals surface area contributed by atoms with E-state index in [4.69, 9.17) is 5.73 Å². The Hall–Kier alpha value is -0.920. The van der Waals surface area contributed by atoms with Crippen molar-refractivity contribution in [3.05, 3.63) is 0 Å². The molecule has 1 aliphatic rings. The molecule has 0 aliphatic heterocycles. The number of carbonyl (C=O) groups excluding carboxylic acids is 1. The first kappa shape index (κ1) is 16.1. The van der Waals surface area contributed by atoms with Crippen molar-refractivity contribution in [1.82, 2.24) is 5.32 Å². The van der Waals surface area contributed by atoms with Gasteiger partial charge in [-0.2, -0.15) is 13.2 Å². The maximum Gasteiger partial charge on any atom is 0.392 e. The molecule has 0 radical (unpaired) electrons. The SMILES string of the molecule is NCC(F)(F)CNC(=O)C1CCCCC1C(F)(F)F. The van der Waals surface area contributed by atoms with E-state index in [9.17, 15) is 26.7 Å². The Balaban J connectivity index is 2.63. The minimum Gasteiger partial charge on any atom is -0.350 e. The van der Waals surface area contributed by atoms with Crippen LogP contribution in [0.4, 0.5) is 22.0 Å². The summed E-state index contributed by atoms with van der Waals surface area (Å²) < 4.78 is 63.9. The zero-order chi connectivity index (χ0) is 14.7. The Kier molecular flexibility index (Phi) is 5.11. The van der Waals surface area contributed by atoms with Gasteiger partial charge < -0.3 is 11.1 Å². The smallest absolute Gasteiger partial charge is 0.350 e. The molecule has 0 aromatic heterocycles. The number of hydrogen-bond acceptors (Lipinski definition) is 2. The summed E-state index contributed by atoms with van der Waals surface area (Å²) in [6.45, 7) is -1.98. The molecule has 112 valence electrons. The molecule has 0 bridgehead atoms. The van der Waals surface area contributed by atoms with Crippen LogP contribution in [0.5, 0.6) is 0 Å². The molecule has 3 N–H and O–H groups in total. The lowest BCUT2D eigenvalue weighted by molar-refractivity contribution is -0.198. The Morgan fingerprint density at radius 2 is 1.74 bits per heavy atom. The minimum absolute atomic E-state index is 0.0736. The summed E-state index contributed by atoms with van der Waals surface area (Å²) in [7, 11) is 0. The van der Waals surface area contributed by atoms with Gasteiger partial charge in [-0.3, -0.25) is 4.79 Å². The Morgan fingerprint density at radius 3 is 2.26 bits per heavy atom. The topological polar surface area (TPSA) is 55.1 Å². The molecule has 1 aliphatic carbocycles. The van der Waals surface area contributed by atoms with Gasteiger partial charge in [0.25, 0.3) is 5.92 Å². The summed E-state index contributed by atoms with van der Waals surface area (Å²) in [5, 5.41) is 1.88. The summed E-state index contributed by atoms with van der Waals surface area (Å²) in [4.78, 5) is 11.6. The van der Waals surface area contributed by atoms with E-state index in [1.54, 1.807) is 0 Å². The molecule has 2 unspecified atom stereocenters. The fraction of sp³-hybridized carbons (Fsp3) is 0.909. The van der Waals surface area contributed by atoms with Gasteiger partial charge >= 0.3 is 6.18 Å². The van der Waals surface area contributed by atoms with Crippen molar-refractivity contribution in [2.75, 3.05) is 13.1 Å².